The number of nitrogens with zero attached hydrogens (tertiary/aromatic N) is 2. The lowest BCUT2D eigenvalue weighted by molar-refractivity contribution is 0.414. The number of aromatic nitrogens is 2. The number of hydrogen-bond donors (Lipinski definition) is 0. The van der Waals surface area contributed by atoms with Crippen LogP contribution in [0.3, 0.4) is 0 Å². The Morgan fingerprint density at radius 1 is 0.731 bits per heavy atom. The summed E-state index contributed by atoms with van der Waals surface area (Å²) in [5.74, 6) is 1.18. The van der Waals surface area contributed by atoms with Gasteiger partial charge in [-0.3, -0.25) is 0 Å². The Morgan fingerprint density at radius 3 is 1.92 bits per heavy atom. The van der Waals surface area contributed by atoms with Crippen LogP contribution in [0.15, 0.2) is 89.3 Å². The van der Waals surface area contributed by atoms with Crippen LogP contribution in [0.25, 0.3) is 11.5 Å². The molecule has 0 amide bonds. The lowest BCUT2D eigenvalue weighted by Gasteiger charge is -2.14. The first-order valence-corrected chi connectivity index (χ1v) is 9.58. The Morgan fingerprint density at radius 2 is 1.31 bits per heavy atom. The predicted molar refractivity (Wildman–Crippen MR) is 105 cm³/mol. The molecule has 0 saturated carbocycles. The standard InChI is InChI=1S/C21H17N2O2P/c1-24-19-15-9-8-14-18(19)20-22-23-21(25-20)26(16-10-4-2-5-11-16)17-12-6-3-7-13-17/h2-15H,1H3. The summed E-state index contributed by atoms with van der Waals surface area (Å²) in [4.78, 5) is 0. The molecule has 3 aromatic carbocycles. The normalized spacial score (nSPS) is 10.8. The summed E-state index contributed by atoms with van der Waals surface area (Å²) in [6.45, 7) is 0. The van der Waals surface area contributed by atoms with E-state index < -0.39 is 7.92 Å². The molecule has 0 N–H and O–H groups in total. The summed E-state index contributed by atoms with van der Waals surface area (Å²) in [5.41, 5.74) is 1.42. The minimum absolute atomic E-state index is 0.469. The van der Waals surface area contributed by atoms with E-state index in [2.05, 4.69) is 34.5 Å². The van der Waals surface area contributed by atoms with Crippen LogP contribution in [0.4, 0.5) is 0 Å². The molecule has 0 spiro atoms. The lowest BCUT2D eigenvalue weighted by atomic mass is 10.2. The van der Waals surface area contributed by atoms with Gasteiger partial charge in [0.1, 0.15) is 5.75 Å². The molecular weight excluding hydrogens is 343 g/mol. The molecule has 5 heteroatoms. The van der Waals surface area contributed by atoms with Crippen LogP contribution in [0.1, 0.15) is 0 Å². The zero-order chi connectivity index (χ0) is 17.8. The first-order chi connectivity index (χ1) is 12.9. The molecule has 0 radical (unpaired) electrons. The van der Waals surface area contributed by atoms with E-state index in [-0.39, 0.29) is 0 Å². The molecule has 0 bridgehead atoms. The van der Waals surface area contributed by atoms with Gasteiger partial charge in [0.2, 0.25) is 5.63 Å². The Hall–Kier alpha value is -2.97. The molecular formula is C21H17N2O2P. The number of ether oxygens (including phenoxy) is 1. The van der Waals surface area contributed by atoms with Crippen LogP contribution in [-0.4, -0.2) is 17.3 Å². The summed E-state index contributed by atoms with van der Waals surface area (Å²) in [6.07, 6.45) is 0. The highest BCUT2D eigenvalue weighted by molar-refractivity contribution is 7.79. The Kier molecular flexibility index (Phi) is 4.76. The largest absolute Gasteiger partial charge is 0.496 e. The van der Waals surface area contributed by atoms with E-state index in [1.165, 1.54) is 10.6 Å². The van der Waals surface area contributed by atoms with Crippen LogP contribution in [0.5, 0.6) is 5.75 Å². The van der Waals surface area contributed by atoms with Crippen molar-refractivity contribution in [3.05, 3.63) is 84.9 Å². The van der Waals surface area contributed by atoms with E-state index in [1.807, 2.05) is 60.7 Å². The van der Waals surface area contributed by atoms with Gasteiger partial charge in [0, 0.05) is 7.92 Å². The first-order valence-electron chi connectivity index (χ1n) is 8.24. The highest BCUT2D eigenvalue weighted by atomic mass is 31.1. The molecule has 0 saturated heterocycles. The van der Waals surface area contributed by atoms with E-state index in [0.717, 1.165) is 5.56 Å². The third kappa shape index (κ3) is 3.24. The second kappa shape index (κ2) is 7.51. The van der Waals surface area contributed by atoms with Gasteiger partial charge in [-0.2, -0.15) is 0 Å². The zero-order valence-electron chi connectivity index (χ0n) is 14.2. The molecule has 1 aromatic heterocycles. The van der Waals surface area contributed by atoms with Crippen molar-refractivity contribution in [1.29, 1.82) is 0 Å². The van der Waals surface area contributed by atoms with Gasteiger partial charge in [-0.05, 0) is 22.7 Å². The summed E-state index contributed by atoms with van der Waals surface area (Å²) >= 11 is 0. The van der Waals surface area contributed by atoms with Gasteiger partial charge in [0.25, 0.3) is 5.89 Å². The second-order valence-corrected chi connectivity index (χ2v) is 7.68. The quantitative estimate of drug-likeness (QED) is 0.511. The van der Waals surface area contributed by atoms with Crippen molar-refractivity contribution in [2.75, 3.05) is 7.11 Å². The Bertz CT molecular complexity index is 948. The molecule has 0 atom stereocenters. The van der Waals surface area contributed by atoms with Crippen molar-refractivity contribution in [3.8, 4) is 17.2 Å². The topological polar surface area (TPSA) is 48.2 Å². The smallest absolute Gasteiger partial charge is 0.251 e. The molecule has 4 nitrogen and oxygen atoms in total. The number of benzene rings is 3. The van der Waals surface area contributed by atoms with Crippen molar-refractivity contribution in [1.82, 2.24) is 10.2 Å². The monoisotopic (exact) mass is 360 g/mol. The summed E-state index contributed by atoms with van der Waals surface area (Å²) in [6, 6.07) is 28.2. The third-order valence-electron chi connectivity index (χ3n) is 3.97. The van der Waals surface area contributed by atoms with E-state index >= 15 is 0 Å². The van der Waals surface area contributed by atoms with Crippen molar-refractivity contribution < 1.29 is 9.15 Å². The fourth-order valence-corrected chi connectivity index (χ4v) is 4.75. The van der Waals surface area contributed by atoms with Crippen molar-refractivity contribution in [3.63, 3.8) is 0 Å². The number of rotatable bonds is 5. The van der Waals surface area contributed by atoms with Gasteiger partial charge < -0.3 is 9.15 Å². The predicted octanol–water partition coefficient (Wildman–Crippen LogP) is 3.50. The van der Waals surface area contributed by atoms with Crippen LogP contribution in [0.2, 0.25) is 0 Å². The van der Waals surface area contributed by atoms with Crippen LogP contribution in [0, 0.1) is 0 Å². The molecule has 26 heavy (non-hydrogen) atoms. The zero-order valence-corrected chi connectivity index (χ0v) is 15.1. The number of para-hydroxylation sites is 1. The third-order valence-corrected chi connectivity index (χ3v) is 6.16. The van der Waals surface area contributed by atoms with Gasteiger partial charge in [0.15, 0.2) is 0 Å². The van der Waals surface area contributed by atoms with Crippen molar-refractivity contribution in [2.24, 2.45) is 0 Å². The lowest BCUT2D eigenvalue weighted by Crippen LogP contribution is -2.21. The minimum atomic E-state index is -0.911. The van der Waals surface area contributed by atoms with E-state index in [9.17, 15) is 0 Å². The van der Waals surface area contributed by atoms with Crippen LogP contribution < -0.4 is 21.0 Å². The molecule has 1 heterocycles. The fourth-order valence-electron chi connectivity index (χ4n) is 2.76. The average molecular weight is 360 g/mol. The van der Waals surface area contributed by atoms with Crippen molar-refractivity contribution >= 4 is 24.2 Å². The molecule has 0 aliphatic heterocycles. The maximum Gasteiger partial charge on any atom is 0.251 e. The highest BCUT2D eigenvalue weighted by Gasteiger charge is 2.23. The van der Waals surface area contributed by atoms with Gasteiger partial charge >= 0.3 is 0 Å². The second-order valence-electron chi connectivity index (χ2n) is 5.60. The molecule has 4 aromatic rings. The van der Waals surface area contributed by atoms with E-state index in [4.69, 9.17) is 9.15 Å². The van der Waals surface area contributed by atoms with Gasteiger partial charge in [0.05, 0.1) is 12.7 Å². The molecule has 0 aliphatic rings. The van der Waals surface area contributed by atoms with Gasteiger partial charge in [-0.25, -0.2) is 0 Å². The highest BCUT2D eigenvalue weighted by Crippen LogP contribution is 2.34. The summed E-state index contributed by atoms with van der Waals surface area (Å²) in [5, 5.41) is 11.0. The van der Waals surface area contributed by atoms with Gasteiger partial charge in [-0.15, -0.1) is 10.2 Å². The Labute approximate surface area is 153 Å². The van der Waals surface area contributed by atoms with E-state index in [1.54, 1.807) is 7.11 Å². The molecule has 4 rings (SSSR count). The SMILES string of the molecule is COc1ccccc1-c1nnc(P(c2ccccc2)c2ccccc2)o1. The van der Waals surface area contributed by atoms with E-state index in [0.29, 0.717) is 17.3 Å². The van der Waals surface area contributed by atoms with Crippen LogP contribution >= 0.6 is 7.92 Å². The van der Waals surface area contributed by atoms with Crippen LogP contribution in [-0.2, 0) is 0 Å². The maximum atomic E-state index is 6.11. The maximum absolute atomic E-state index is 6.11. The summed E-state index contributed by atoms with van der Waals surface area (Å²) < 4.78 is 11.5. The molecule has 0 unspecified atom stereocenters. The molecule has 128 valence electrons. The summed E-state index contributed by atoms with van der Waals surface area (Å²) in [7, 11) is 0.725. The minimum Gasteiger partial charge on any atom is -0.496 e. The van der Waals surface area contributed by atoms with Crippen molar-refractivity contribution in [2.45, 2.75) is 0 Å². The van der Waals surface area contributed by atoms with Gasteiger partial charge in [-0.1, -0.05) is 72.8 Å². The molecule has 0 fully saturated rings. The fraction of sp³-hybridized carbons (Fsp3) is 0.0476. The number of methoxy groups -OCH3 is 1. The molecule has 0 aliphatic carbocycles. The average Bonchev–Trinajstić information content (AvgIpc) is 3.19. The first kappa shape index (κ1) is 16.5. The Balaban J connectivity index is 1.80. The number of hydrogen-bond acceptors (Lipinski definition) is 4.